The van der Waals surface area contributed by atoms with Crippen LogP contribution in [0.4, 0.5) is 0 Å². The standard InChI is InChI=1S/C9H12N2O3S/c1-15(13,14)7-4-2-6(3-5-7)8(10)9(11)12/h2-5,8H,10H2,1H3,(H2,11,12). The molecule has 15 heavy (non-hydrogen) atoms. The lowest BCUT2D eigenvalue weighted by Crippen LogP contribution is -2.28. The van der Waals surface area contributed by atoms with Crippen molar-refractivity contribution in [1.82, 2.24) is 0 Å². The Labute approximate surface area is 88.0 Å². The van der Waals surface area contributed by atoms with Gasteiger partial charge in [0.1, 0.15) is 6.04 Å². The maximum absolute atomic E-state index is 11.1. The molecule has 1 aromatic carbocycles. The second kappa shape index (κ2) is 4.00. The predicted octanol–water partition coefficient (Wildman–Crippen LogP) is -0.425. The van der Waals surface area contributed by atoms with Crippen LogP contribution in [-0.4, -0.2) is 20.6 Å². The molecule has 1 unspecified atom stereocenters. The fourth-order valence-electron chi connectivity index (χ4n) is 1.09. The van der Waals surface area contributed by atoms with Crippen molar-refractivity contribution in [2.45, 2.75) is 10.9 Å². The number of hydrogen-bond donors (Lipinski definition) is 2. The van der Waals surface area contributed by atoms with E-state index in [1.54, 1.807) is 0 Å². The van der Waals surface area contributed by atoms with Gasteiger partial charge in [0.15, 0.2) is 9.84 Å². The molecule has 4 N–H and O–H groups in total. The summed E-state index contributed by atoms with van der Waals surface area (Å²) in [4.78, 5) is 10.9. The van der Waals surface area contributed by atoms with Crippen molar-refractivity contribution >= 4 is 15.7 Å². The Kier molecular flexibility index (Phi) is 3.11. The van der Waals surface area contributed by atoms with Crippen LogP contribution in [0.1, 0.15) is 11.6 Å². The van der Waals surface area contributed by atoms with E-state index < -0.39 is 21.8 Å². The number of primary amides is 1. The molecular weight excluding hydrogens is 216 g/mol. The van der Waals surface area contributed by atoms with Gasteiger partial charge in [0, 0.05) is 6.26 Å². The van der Waals surface area contributed by atoms with Gasteiger partial charge >= 0.3 is 0 Å². The van der Waals surface area contributed by atoms with Gasteiger partial charge in [-0.2, -0.15) is 0 Å². The van der Waals surface area contributed by atoms with Crippen LogP contribution in [0.5, 0.6) is 0 Å². The van der Waals surface area contributed by atoms with Crippen molar-refractivity contribution in [2.24, 2.45) is 11.5 Å². The molecule has 0 aliphatic rings. The Morgan fingerprint density at radius 1 is 1.27 bits per heavy atom. The Morgan fingerprint density at radius 2 is 1.73 bits per heavy atom. The van der Waals surface area contributed by atoms with Crippen molar-refractivity contribution in [1.29, 1.82) is 0 Å². The summed E-state index contributed by atoms with van der Waals surface area (Å²) in [6, 6.07) is 4.84. The molecule has 0 heterocycles. The zero-order chi connectivity index (χ0) is 11.6. The highest BCUT2D eigenvalue weighted by Gasteiger charge is 2.13. The number of hydrogen-bond acceptors (Lipinski definition) is 4. The lowest BCUT2D eigenvalue weighted by molar-refractivity contribution is -0.119. The summed E-state index contributed by atoms with van der Waals surface area (Å²) in [5.74, 6) is -0.651. The third-order valence-corrected chi connectivity index (χ3v) is 3.10. The first-order chi connectivity index (χ1) is 6.82. The van der Waals surface area contributed by atoms with Gasteiger partial charge in [0.2, 0.25) is 5.91 Å². The lowest BCUT2D eigenvalue weighted by Gasteiger charge is -2.07. The van der Waals surface area contributed by atoms with E-state index in [1.807, 2.05) is 0 Å². The van der Waals surface area contributed by atoms with Gasteiger partial charge < -0.3 is 11.5 Å². The third-order valence-electron chi connectivity index (χ3n) is 1.97. The predicted molar refractivity (Wildman–Crippen MR) is 55.7 cm³/mol. The summed E-state index contributed by atoms with van der Waals surface area (Å²) in [5.41, 5.74) is 11.0. The summed E-state index contributed by atoms with van der Waals surface area (Å²) < 4.78 is 22.3. The van der Waals surface area contributed by atoms with E-state index >= 15 is 0 Å². The SMILES string of the molecule is CS(=O)(=O)c1ccc(C(N)C(N)=O)cc1. The molecule has 0 saturated carbocycles. The smallest absolute Gasteiger partial charge is 0.238 e. The monoisotopic (exact) mass is 228 g/mol. The van der Waals surface area contributed by atoms with Crippen molar-refractivity contribution in [2.75, 3.05) is 6.26 Å². The molecule has 1 atom stereocenters. The number of benzene rings is 1. The normalized spacial score (nSPS) is 13.5. The van der Waals surface area contributed by atoms with Crippen LogP contribution in [0.3, 0.4) is 0 Å². The van der Waals surface area contributed by atoms with E-state index in [2.05, 4.69) is 0 Å². The van der Waals surface area contributed by atoms with E-state index in [0.717, 1.165) is 6.26 Å². The molecule has 0 bridgehead atoms. The van der Waals surface area contributed by atoms with Gasteiger partial charge in [0.25, 0.3) is 0 Å². The van der Waals surface area contributed by atoms with Gasteiger partial charge in [-0.1, -0.05) is 12.1 Å². The van der Waals surface area contributed by atoms with E-state index in [9.17, 15) is 13.2 Å². The summed E-state index contributed by atoms with van der Waals surface area (Å²) in [5, 5.41) is 0. The summed E-state index contributed by atoms with van der Waals surface area (Å²) >= 11 is 0. The minimum Gasteiger partial charge on any atom is -0.368 e. The highest BCUT2D eigenvalue weighted by atomic mass is 32.2. The van der Waals surface area contributed by atoms with E-state index in [0.29, 0.717) is 5.56 Å². The first-order valence-corrected chi connectivity index (χ1v) is 6.06. The maximum Gasteiger partial charge on any atom is 0.238 e. The number of nitrogens with two attached hydrogens (primary N) is 2. The van der Waals surface area contributed by atoms with Gasteiger partial charge in [-0.25, -0.2) is 8.42 Å². The molecule has 6 heteroatoms. The minimum atomic E-state index is -3.22. The molecule has 1 rings (SSSR count). The molecule has 0 radical (unpaired) electrons. The number of sulfone groups is 1. The van der Waals surface area contributed by atoms with Crippen LogP contribution < -0.4 is 11.5 Å². The Morgan fingerprint density at radius 3 is 2.07 bits per heavy atom. The third kappa shape index (κ3) is 2.77. The molecule has 1 aromatic rings. The maximum atomic E-state index is 11.1. The van der Waals surface area contributed by atoms with Crippen molar-refractivity contribution in [3.63, 3.8) is 0 Å². The molecule has 0 aliphatic carbocycles. The Hall–Kier alpha value is -1.40. The average Bonchev–Trinajstić information content (AvgIpc) is 2.15. The second-order valence-corrected chi connectivity index (χ2v) is 5.24. The Balaban J connectivity index is 3.06. The molecule has 5 nitrogen and oxygen atoms in total. The molecule has 0 fully saturated rings. The molecule has 0 saturated heterocycles. The molecule has 0 aliphatic heterocycles. The highest BCUT2D eigenvalue weighted by molar-refractivity contribution is 7.90. The Bertz CT molecular complexity index is 465. The van der Waals surface area contributed by atoms with Crippen molar-refractivity contribution in [3.8, 4) is 0 Å². The second-order valence-electron chi connectivity index (χ2n) is 3.22. The van der Waals surface area contributed by atoms with E-state index in [-0.39, 0.29) is 4.90 Å². The molecular formula is C9H12N2O3S. The van der Waals surface area contributed by atoms with Crippen LogP contribution in [0.2, 0.25) is 0 Å². The molecule has 0 aromatic heterocycles. The fourth-order valence-corrected chi connectivity index (χ4v) is 1.72. The number of rotatable bonds is 3. The van der Waals surface area contributed by atoms with Gasteiger partial charge in [-0.3, -0.25) is 4.79 Å². The summed E-state index contributed by atoms with van der Waals surface area (Å²) in [6.45, 7) is 0. The van der Waals surface area contributed by atoms with Gasteiger partial charge in [-0.15, -0.1) is 0 Å². The molecule has 82 valence electrons. The van der Waals surface area contributed by atoms with E-state index in [1.165, 1.54) is 24.3 Å². The summed E-state index contributed by atoms with van der Waals surface area (Å²) in [6.07, 6.45) is 1.11. The largest absolute Gasteiger partial charge is 0.368 e. The topological polar surface area (TPSA) is 103 Å². The zero-order valence-corrected chi connectivity index (χ0v) is 8.99. The number of amides is 1. The fraction of sp³-hybridized carbons (Fsp3) is 0.222. The van der Waals surface area contributed by atoms with Crippen LogP contribution in [0.25, 0.3) is 0 Å². The lowest BCUT2D eigenvalue weighted by atomic mass is 10.1. The van der Waals surface area contributed by atoms with E-state index in [4.69, 9.17) is 11.5 Å². The van der Waals surface area contributed by atoms with Crippen molar-refractivity contribution < 1.29 is 13.2 Å². The van der Waals surface area contributed by atoms with Crippen molar-refractivity contribution in [3.05, 3.63) is 29.8 Å². The molecule has 0 spiro atoms. The number of carbonyl (C=O) groups is 1. The highest BCUT2D eigenvalue weighted by Crippen LogP contribution is 2.14. The average molecular weight is 228 g/mol. The molecule has 1 amide bonds. The van der Waals surface area contributed by atoms with Crippen LogP contribution in [0, 0.1) is 0 Å². The summed E-state index contributed by atoms with van der Waals surface area (Å²) in [7, 11) is -3.22. The van der Waals surface area contributed by atoms with Crippen LogP contribution >= 0.6 is 0 Å². The zero-order valence-electron chi connectivity index (χ0n) is 8.17. The first-order valence-electron chi connectivity index (χ1n) is 4.17. The van der Waals surface area contributed by atoms with Crippen LogP contribution in [-0.2, 0) is 14.6 Å². The number of carbonyl (C=O) groups excluding carboxylic acids is 1. The van der Waals surface area contributed by atoms with Gasteiger partial charge in [0.05, 0.1) is 4.90 Å². The quantitative estimate of drug-likeness (QED) is 0.732. The minimum absolute atomic E-state index is 0.183. The van der Waals surface area contributed by atoms with Crippen LogP contribution in [0.15, 0.2) is 29.2 Å². The van der Waals surface area contributed by atoms with Gasteiger partial charge in [-0.05, 0) is 17.7 Å². The first kappa shape index (κ1) is 11.7.